The average molecular weight is 288 g/mol. The van der Waals surface area contributed by atoms with Crippen molar-refractivity contribution >= 4 is 0 Å². The maximum Gasteiger partial charge on any atom is 0.129 e. The van der Waals surface area contributed by atoms with Crippen LogP contribution in [0.15, 0.2) is 36.4 Å². The number of aliphatic hydroxyl groups is 1. The van der Waals surface area contributed by atoms with Crippen molar-refractivity contribution in [3.8, 4) is 17.6 Å². The molecule has 0 aromatic heterocycles. The van der Waals surface area contributed by atoms with E-state index in [1.807, 2.05) is 0 Å². The Kier molecular flexibility index (Phi) is 4.91. The molecule has 0 spiro atoms. The van der Waals surface area contributed by atoms with Gasteiger partial charge in [-0.3, -0.25) is 0 Å². The Morgan fingerprint density at radius 3 is 2.67 bits per heavy atom. The van der Waals surface area contributed by atoms with Crippen molar-refractivity contribution in [2.45, 2.75) is 13.5 Å². The normalized spacial score (nSPS) is 9.90. The molecule has 21 heavy (non-hydrogen) atoms. The molecule has 0 bridgehead atoms. The molecule has 1 N–H and O–H groups in total. The van der Waals surface area contributed by atoms with Gasteiger partial charge < -0.3 is 9.84 Å². The Balaban J connectivity index is 2.12. The third kappa shape index (κ3) is 4.30. The molecule has 0 amide bonds. The lowest BCUT2D eigenvalue weighted by atomic mass is 10.1. The highest BCUT2D eigenvalue weighted by atomic mass is 19.1. The summed E-state index contributed by atoms with van der Waals surface area (Å²) in [6.07, 6.45) is 0. The Hall–Kier alpha value is -2.38. The SMILES string of the molecule is Cc1ccc(OCc2cc(F)cc(C#CCO)c2)cc1F. The summed E-state index contributed by atoms with van der Waals surface area (Å²) in [6.45, 7) is 1.48. The molecule has 0 radical (unpaired) electrons. The molecule has 0 aliphatic carbocycles. The fourth-order valence-electron chi connectivity index (χ4n) is 1.78. The van der Waals surface area contributed by atoms with Crippen molar-refractivity contribution < 1.29 is 18.6 Å². The highest BCUT2D eigenvalue weighted by Crippen LogP contribution is 2.18. The van der Waals surface area contributed by atoms with Crippen LogP contribution in [-0.2, 0) is 6.61 Å². The lowest BCUT2D eigenvalue weighted by Crippen LogP contribution is -1.98. The van der Waals surface area contributed by atoms with Crippen LogP contribution < -0.4 is 4.74 Å². The smallest absolute Gasteiger partial charge is 0.129 e. The monoisotopic (exact) mass is 288 g/mol. The topological polar surface area (TPSA) is 29.5 Å². The van der Waals surface area contributed by atoms with E-state index in [0.717, 1.165) is 0 Å². The first-order valence-corrected chi connectivity index (χ1v) is 6.36. The molecule has 2 nitrogen and oxygen atoms in total. The molecule has 2 aromatic carbocycles. The van der Waals surface area contributed by atoms with Gasteiger partial charge >= 0.3 is 0 Å². The number of hydrogen-bond acceptors (Lipinski definition) is 2. The van der Waals surface area contributed by atoms with Gasteiger partial charge in [-0.25, -0.2) is 8.78 Å². The van der Waals surface area contributed by atoms with Crippen LogP contribution in [0.5, 0.6) is 5.75 Å². The molecule has 0 saturated carbocycles. The minimum atomic E-state index is -0.437. The number of hydrogen-bond donors (Lipinski definition) is 1. The van der Waals surface area contributed by atoms with Crippen molar-refractivity contribution in [3.63, 3.8) is 0 Å². The predicted octanol–water partition coefficient (Wildman–Crippen LogP) is 3.20. The van der Waals surface area contributed by atoms with Crippen molar-refractivity contribution in [1.29, 1.82) is 0 Å². The quantitative estimate of drug-likeness (QED) is 0.879. The van der Waals surface area contributed by atoms with Gasteiger partial charge in [0.25, 0.3) is 0 Å². The second-order valence-corrected chi connectivity index (χ2v) is 4.51. The molecule has 0 fully saturated rings. The number of benzene rings is 2. The number of rotatable bonds is 3. The Morgan fingerprint density at radius 1 is 1.14 bits per heavy atom. The third-order valence-electron chi connectivity index (χ3n) is 2.82. The molecule has 0 atom stereocenters. The standard InChI is InChI=1S/C17H14F2O2/c1-12-4-5-16(10-17(12)19)21-11-14-7-13(3-2-6-20)8-15(18)9-14/h4-5,7-10,20H,6,11H2,1H3. The molecule has 0 saturated heterocycles. The molecule has 0 unspecified atom stereocenters. The maximum atomic E-state index is 13.5. The molecule has 0 aliphatic rings. The van der Waals surface area contributed by atoms with Crippen LogP contribution >= 0.6 is 0 Å². The number of aliphatic hydroxyl groups excluding tert-OH is 1. The van der Waals surface area contributed by atoms with Crippen molar-refractivity contribution in [3.05, 3.63) is 64.7 Å². The summed E-state index contributed by atoms with van der Waals surface area (Å²) < 4.78 is 32.3. The van der Waals surface area contributed by atoms with E-state index in [9.17, 15) is 8.78 Å². The first-order chi connectivity index (χ1) is 10.1. The highest BCUT2D eigenvalue weighted by Gasteiger charge is 2.03. The number of aryl methyl sites for hydroxylation is 1. The molecule has 4 heteroatoms. The molecule has 0 heterocycles. The zero-order chi connectivity index (χ0) is 15.2. The Morgan fingerprint density at radius 2 is 1.95 bits per heavy atom. The fraction of sp³-hybridized carbons (Fsp3) is 0.176. The van der Waals surface area contributed by atoms with Crippen LogP contribution in [0.2, 0.25) is 0 Å². The van der Waals surface area contributed by atoms with Crippen LogP contribution in [0.25, 0.3) is 0 Å². The van der Waals surface area contributed by atoms with Crippen molar-refractivity contribution in [2.24, 2.45) is 0 Å². The van der Waals surface area contributed by atoms with Gasteiger partial charge in [0.15, 0.2) is 0 Å². The summed E-state index contributed by atoms with van der Waals surface area (Å²) in [6, 6.07) is 8.84. The van der Waals surface area contributed by atoms with Gasteiger partial charge in [0.05, 0.1) is 0 Å². The molecule has 108 valence electrons. The molecular formula is C17H14F2O2. The summed E-state index contributed by atoms with van der Waals surface area (Å²) in [4.78, 5) is 0. The second-order valence-electron chi connectivity index (χ2n) is 4.51. The molecule has 2 aromatic rings. The van der Waals surface area contributed by atoms with Gasteiger partial charge in [-0.2, -0.15) is 0 Å². The van der Waals surface area contributed by atoms with E-state index in [-0.39, 0.29) is 19.0 Å². The average Bonchev–Trinajstić information content (AvgIpc) is 2.46. The zero-order valence-corrected chi connectivity index (χ0v) is 11.5. The van der Waals surface area contributed by atoms with Gasteiger partial charge in [0, 0.05) is 11.6 Å². The van der Waals surface area contributed by atoms with E-state index in [0.29, 0.717) is 22.4 Å². The lowest BCUT2D eigenvalue weighted by Gasteiger charge is -2.08. The van der Waals surface area contributed by atoms with Gasteiger partial charge in [0.2, 0.25) is 0 Å². The first kappa shape index (κ1) is 15.0. The van der Waals surface area contributed by atoms with Crippen LogP contribution in [-0.4, -0.2) is 11.7 Å². The summed E-state index contributed by atoms with van der Waals surface area (Å²) in [5.41, 5.74) is 1.57. The van der Waals surface area contributed by atoms with Gasteiger partial charge in [-0.05, 0) is 42.3 Å². The summed E-state index contributed by atoms with van der Waals surface area (Å²) >= 11 is 0. The van der Waals surface area contributed by atoms with Crippen molar-refractivity contribution in [1.82, 2.24) is 0 Å². The highest BCUT2D eigenvalue weighted by molar-refractivity contribution is 5.38. The fourth-order valence-corrected chi connectivity index (χ4v) is 1.78. The maximum absolute atomic E-state index is 13.5. The van der Waals surface area contributed by atoms with E-state index < -0.39 is 5.82 Å². The third-order valence-corrected chi connectivity index (χ3v) is 2.82. The van der Waals surface area contributed by atoms with Crippen LogP contribution in [0.3, 0.4) is 0 Å². The number of halogens is 2. The van der Waals surface area contributed by atoms with Crippen molar-refractivity contribution in [2.75, 3.05) is 6.61 Å². The Labute approximate surface area is 122 Å². The minimum Gasteiger partial charge on any atom is -0.489 e. The Bertz CT molecular complexity index is 700. The van der Waals surface area contributed by atoms with E-state index >= 15 is 0 Å². The van der Waals surface area contributed by atoms with Gasteiger partial charge in [-0.15, -0.1) is 0 Å². The first-order valence-electron chi connectivity index (χ1n) is 6.36. The summed E-state index contributed by atoms with van der Waals surface area (Å²) in [5.74, 6) is 4.69. The largest absolute Gasteiger partial charge is 0.489 e. The molecule has 0 aliphatic heterocycles. The zero-order valence-electron chi connectivity index (χ0n) is 11.5. The lowest BCUT2D eigenvalue weighted by molar-refractivity contribution is 0.304. The van der Waals surface area contributed by atoms with E-state index in [1.165, 1.54) is 18.2 Å². The van der Waals surface area contributed by atoms with Crippen LogP contribution in [0, 0.1) is 30.4 Å². The van der Waals surface area contributed by atoms with Crippen LogP contribution in [0.4, 0.5) is 8.78 Å². The van der Waals surface area contributed by atoms with E-state index in [1.54, 1.807) is 25.1 Å². The summed E-state index contributed by atoms with van der Waals surface area (Å²) in [5, 5.41) is 8.64. The number of ether oxygens (including phenoxy) is 1. The molecular weight excluding hydrogens is 274 g/mol. The van der Waals surface area contributed by atoms with Gasteiger partial charge in [0.1, 0.15) is 30.6 Å². The van der Waals surface area contributed by atoms with E-state index in [4.69, 9.17) is 9.84 Å². The van der Waals surface area contributed by atoms with E-state index in [2.05, 4.69) is 11.8 Å². The van der Waals surface area contributed by atoms with Crippen LogP contribution in [0.1, 0.15) is 16.7 Å². The van der Waals surface area contributed by atoms with Gasteiger partial charge in [-0.1, -0.05) is 17.9 Å². The minimum absolute atomic E-state index is 0.105. The second kappa shape index (κ2) is 6.87. The summed E-state index contributed by atoms with van der Waals surface area (Å²) in [7, 11) is 0. The predicted molar refractivity (Wildman–Crippen MR) is 75.8 cm³/mol. The molecule has 2 rings (SSSR count).